The van der Waals surface area contributed by atoms with Crippen LogP contribution in [0, 0.1) is 5.82 Å². The molecular weight excluding hydrogens is 353 g/mol. The van der Waals surface area contributed by atoms with Gasteiger partial charge in [-0.05, 0) is 43.0 Å². The summed E-state index contributed by atoms with van der Waals surface area (Å²) in [5, 5.41) is 14.3. The van der Waals surface area contributed by atoms with Crippen molar-refractivity contribution in [1.82, 2.24) is 25.4 Å². The largest absolute Gasteiger partial charge is 0.331 e. The number of benzene rings is 1. The zero-order chi connectivity index (χ0) is 17.9. The van der Waals surface area contributed by atoms with Crippen molar-refractivity contribution in [2.45, 2.75) is 56.1 Å². The highest BCUT2D eigenvalue weighted by Gasteiger charge is 2.23. The summed E-state index contributed by atoms with van der Waals surface area (Å²) in [6, 6.07) is 4.34. The third-order valence-corrected chi connectivity index (χ3v) is 6.03. The van der Waals surface area contributed by atoms with E-state index in [1.54, 1.807) is 17.8 Å². The molecular formula is C18H22FN5OS. The van der Waals surface area contributed by atoms with Gasteiger partial charge in [-0.1, -0.05) is 6.42 Å². The highest BCUT2D eigenvalue weighted by Crippen LogP contribution is 2.36. The molecule has 138 valence electrons. The van der Waals surface area contributed by atoms with Gasteiger partial charge in [0.2, 0.25) is 0 Å². The Morgan fingerprint density at radius 2 is 2.23 bits per heavy atom. The second kappa shape index (κ2) is 7.65. The van der Waals surface area contributed by atoms with Crippen LogP contribution in [0.5, 0.6) is 0 Å². The first-order valence-electron chi connectivity index (χ1n) is 9.08. The zero-order valence-electron chi connectivity index (χ0n) is 14.5. The molecule has 2 aliphatic rings. The molecule has 8 heteroatoms. The number of hydrogen-bond acceptors (Lipinski definition) is 4. The predicted molar refractivity (Wildman–Crippen MR) is 97.4 cm³/mol. The maximum atomic E-state index is 13.6. The number of rotatable bonds is 3. The molecule has 4 rings (SSSR count). The summed E-state index contributed by atoms with van der Waals surface area (Å²) in [6.07, 6.45) is 5.19. The van der Waals surface area contributed by atoms with Crippen molar-refractivity contribution in [3.8, 4) is 0 Å². The van der Waals surface area contributed by atoms with E-state index in [9.17, 15) is 9.18 Å². The van der Waals surface area contributed by atoms with Crippen molar-refractivity contribution >= 4 is 17.8 Å². The van der Waals surface area contributed by atoms with E-state index in [1.807, 2.05) is 0 Å². The average molecular weight is 375 g/mol. The van der Waals surface area contributed by atoms with E-state index < -0.39 is 0 Å². The lowest BCUT2D eigenvalue weighted by molar-refractivity contribution is 0.235. The van der Waals surface area contributed by atoms with Crippen molar-refractivity contribution in [2.24, 2.45) is 0 Å². The van der Waals surface area contributed by atoms with E-state index in [1.165, 1.54) is 18.6 Å². The Morgan fingerprint density at radius 1 is 1.31 bits per heavy atom. The van der Waals surface area contributed by atoms with Crippen molar-refractivity contribution < 1.29 is 9.18 Å². The molecule has 1 unspecified atom stereocenters. The van der Waals surface area contributed by atoms with Gasteiger partial charge in [-0.2, -0.15) is 0 Å². The van der Waals surface area contributed by atoms with E-state index >= 15 is 0 Å². The highest BCUT2D eigenvalue weighted by atomic mass is 32.2. The number of aromatic nitrogens is 3. The SMILES string of the molecule is O=C(NCc1nnc2n1CCCCC2)NC1CCSc2ccc(F)cc21. The minimum atomic E-state index is -0.274. The second-order valence-electron chi connectivity index (χ2n) is 6.69. The van der Waals surface area contributed by atoms with Crippen LogP contribution >= 0.6 is 11.8 Å². The Bertz CT molecular complexity index is 809. The normalized spacial score (nSPS) is 19.2. The minimum absolute atomic E-state index is 0.169. The van der Waals surface area contributed by atoms with Gasteiger partial charge in [0.15, 0.2) is 5.82 Å². The third-order valence-electron chi connectivity index (χ3n) is 4.91. The number of nitrogens with zero attached hydrogens (tertiary/aromatic N) is 3. The first-order chi connectivity index (χ1) is 12.7. The molecule has 1 aromatic carbocycles. The smallest absolute Gasteiger partial charge is 0.315 e. The maximum absolute atomic E-state index is 13.6. The topological polar surface area (TPSA) is 71.8 Å². The van der Waals surface area contributed by atoms with Crippen LogP contribution in [-0.2, 0) is 19.5 Å². The van der Waals surface area contributed by atoms with Gasteiger partial charge in [0.25, 0.3) is 0 Å². The molecule has 26 heavy (non-hydrogen) atoms. The van der Waals surface area contributed by atoms with Gasteiger partial charge in [0, 0.05) is 23.6 Å². The second-order valence-corrected chi connectivity index (χ2v) is 7.83. The summed E-state index contributed by atoms with van der Waals surface area (Å²) in [4.78, 5) is 13.4. The number of halogens is 1. The molecule has 1 atom stereocenters. The molecule has 2 amide bonds. The number of carbonyl (C=O) groups is 1. The van der Waals surface area contributed by atoms with Crippen LogP contribution in [0.1, 0.15) is 48.9 Å². The van der Waals surface area contributed by atoms with E-state index in [-0.39, 0.29) is 17.9 Å². The van der Waals surface area contributed by atoms with Crippen LogP contribution in [0.25, 0.3) is 0 Å². The van der Waals surface area contributed by atoms with Gasteiger partial charge in [-0.25, -0.2) is 9.18 Å². The number of nitrogens with one attached hydrogen (secondary N) is 2. The monoisotopic (exact) mass is 375 g/mol. The van der Waals surface area contributed by atoms with E-state index in [2.05, 4.69) is 25.4 Å². The number of amides is 2. The molecule has 6 nitrogen and oxygen atoms in total. The standard InChI is InChI=1S/C18H22FN5OS/c19-12-5-6-15-13(10-12)14(7-9-26-15)21-18(25)20-11-17-23-22-16-4-2-1-3-8-24(16)17/h5-6,10,14H,1-4,7-9,11H2,(H2,20,21,25). The summed E-state index contributed by atoms with van der Waals surface area (Å²) >= 11 is 1.70. The molecule has 0 aliphatic carbocycles. The van der Waals surface area contributed by atoms with E-state index in [4.69, 9.17) is 0 Å². The van der Waals surface area contributed by atoms with Gasteiger partial charge < -0.3 is 15.2 Å². The number of thioether (sulfide) groups is 1. The molecule has 0 fully saturated rings. The molecule has 0 spiro atoms. The number of fused-ring (bicyclic) bond motifs is 2. The highest BCUT2D eigenvalue weighted by molar-refractivity contribution is 7.99. The van der Waals surface area contributed by atoms with Gasteiger partial charge in [0.05, 0.1) is 12.6 Å². The van der Waals surface area contributed by atoms with E-state index in [0.29, 0.717) is 6.54 Å². The van der Waals surface area contributed by atoms with Crippen LogP contribution in [0.4, 0.5) is 9.18 Å². The van der Waals surface area contributed by atoms with Gasteiger partial charge in [-0.15, -0.1) is 22.0 Å². The van der Waals surface area contributed by atoms with Crippen molar-refractivity contribution in [3.63, 3.8) is 0 Å². The molecule has 2 aromatic rings. The molecule has 0 bridgehead atoms. The quantitative estimate of drug-likeness (QED) is 0.864. The number of hydrogen-bond donors (Lipinski definition) is 2. The molecule has 2 aliphatic heterocycles. The molecule has 0 saturated heterocycles. The molecule has 0 radical (unpaired) electrons. The summed E-state index contributed by atoms with van der Waals surface area (Å²) in [5.74, 6) is 2.43. The fourth-order valence-corrected chi connectivity index (χ4v) is 4.67. The zero-order valence-corrected chi connectivity index (χ0v) is 15.3. The lowest BCUT2D eigenvalue weighted by Crippen LogP contribution is -2.39. The minimum Gasteiger partial charge on any atom is -0.331 e. The first-order valence-corrected chi connectivity index (χ1v) is 10.1. The summed E-state index contributed by atoms with van der Waals surface area (Å²) in [6.45, 7) is 1.25. The van der Waals surface area contributed by atoms with Crippen LogP contribution in [0.2, 0.25) is 0 Å². The Balaban J connectivity index is 1.38. The molecule has 1 aromatic heterocycles. The molecule has 3 heterocycles. The lowest BCUT2D eigenvalue weighted by Gasteiger charge is -2.26. The number of urea groups is 1. The lowest BCUT2D eigenvalue weighted by atomic mass is 10.0. The summed E-state index contributed by atoms with van der Waals surface area (Å²) in [5.41, 5.74) is 0.854. The summed E-state index contributed by atoms with van der Waals surface area (Å²) in [7, 11) is 0. The Morgan fingerprint density at radius 3 is 3.15 bits per heavy atom. The number of aryl methyl sites for hydroxylation is 1. The molecule has 0 saturated carbocycles. The first kappa shape index (κ1) is 17.3. The maximum Gasteiger partial charge on any atom is 0.315 e. The third kappa shape index (κ3) is 3.70. The van der Waals surface area contributed by atoms with Crippen molar-refractivity contribution in [3.05, 3.63) is 41.2 Å². The van der Waals surface area contributed by atoms with Gasteiger partial charge >= 0.3 is 6.03 Å². The van der Waals surface area contributed by atoms with Crippen LogP contribution < -0.4 is 10.6 Å². The predicted octanol–water partition coefficient (Wildman–Crippen LogP) is 3.18. The summed E-state index contributed by atoms with van der Waals surface area (Å²) < 4.78 is 15.7. The van der Waals surface area contributed by atoms with Gasteiger partial charge in [0.1, 0.15) is 11.6 Å². The van der Waals surface area contributed by atoms with E-state index in [0.717, 1.165) is 60.1 Å². The van der Waals surface area contributed by atoms with Crippen LogP contribution in [-0.4, -0.2) is 26.5 Å². The molecule has 2 N–H and O–H groups in total. The van der Waals surface area contributed by atoms with Gasteiger partial charge in [-0.3, -0.25) is 0 Å². The van der Waals surface area contributed by atoms with Crippen molar-refractivity contribution in [1.29, 1.82) is 0 Å². The van der Waals surface area contributed by atoms with Crippen LogP contribution in [0.15, 0.2) is 23.1 Å². The average Bonchev–Trinajstić information content (AvgIpc) is 2.87. The fourth-order valence-electron chi connectivity index (χ4n) is 3.56. The fraction of sp³-hybridized carbons (Fsp3) is 0.500. The Hall–Kier alpha value is -2.09. The Labute approximate surface area is 156 Å². The number of carbonyl (C=O) groups excluding carboxylic acids is 1. The van der Waals surface area contributed by atoms with Crippen LogP contribution in [0.3, 0.4) is 0 Å². The Kier molecular flexibility index (Phi) is 5.10. The van der Waals surface area contributed by atoms with Crippen molar-refractivity contribution in [2.75, 3.05) is 5.75 Å².